The van der Waals surface area contributed by atoms with Gasteiger partial charge in [-0.2, -0.15) is 0 Å². The molecule has 0 saturated heterocycles. The standard InChI is InChI=1S/C102H66N6S2/c1-3-23-70(24-4-1)104(96-42-22-35-87-85-31-12-19-43-98(85)109-101(87)96)75-49-45-67(46-50-75)68-47-51-76(52-48-68)105(71-25-5-2-6-26-71)97-66-69(65-89-86-32-13-20-44-99(86)110-102(89)97)80-34-21-41-95-100(80)88-33-11-18-40-94(88)108(95)79-63-57-74(58-64-79)103(72-53-59-77(60-54-72)106-90-36-14-7-27-81(90)82-28-8-15-37-91(82)106)73-55-61-78(62-56-73)107-92-38-16-9-29-83(92)84-30-10-17-39-93(84)107/h1-66H. The van der Waals surface area contributed by atoms with E-state index in [2.05, 4.69) is 429 Å². The maximum Gasteiger partial charge on any atom is 0.0646 e. The summed E-state index contributed by atoms with van der Waals surface area (Å²) in [7, 11) is 0. The summed E-state index contributed by atoms with van der Waals surface area (Å²) in [6.45, 7) is 0. The number of aromatic nitrogens is 3. The zero-order chi connectivity index (χ0) is 72.3. The fraction of sp³-hybridized carbons (Fsp3) is 0. The van der Waals surface area contributed by atoms with Gasteiger partial charge in [-0.3, -0.25) is 0 Å². The van der Waals surface area contributed by atoms with E-state index in [1.807, 2.05) is 22.7 Å². The Bertz CT molecular complexity index is 7050. The highest BCUT2D eigenvalue weighted by molar-refractivity contribution is 7.26. The molecule has 22 aromatic rings. The van der Waals surface area contributed by atoms with Crippen LogP contribution in [0.5, 0.6) is 0 Å². The topological polar surface area (TPSA) is 24.5 Å². The van der Waals surface area contributed by atoms with Gasteiger partial charge in [-0.15, -0.1) is 22.7 Å². The van der Waals surface area contributed by atoms with Gasteiger partial charge in [0.2, 0.25) is 0 Å². The van der Waals surface area contributed by atoms with Crippen molar-refractivity contribution in [2.45, 2.75) is 0 Å². The SMILES string of the molecule is c1ccc(N(c2ccc(-c3ccc(N(c4ccccc4)c4cc(-c5cccc6c5c5ccccc5n6-c5ccc(N(c6ccc(-n7c8ccccc8c8ccccc87)cc6)c6ccc(-n7c8ccccc8c8ccccc87)cc6)cc5)cc5c4sc4ccccc45)cc3)cc2)c2cccc3c2sc2ccccc23)cc1. The summed E-state index contributed by atoms with van der Waals surface area (Å²) in [5.74, 6) is 0. The van der Waals surface area contributed by atoms with Crippen LogP contribution in [0.15, 0.2) is 400 Å². The molecule has 17 aromatic carbocycles. The van der Waals surface area contributed by atoms with Crippen molar-refractivity contribution in [1.29, 1.82) is 0 Å². The second-order valence-corrected chi connectivity index (χ2v) is 30.4. The van der Waals surface area contributed by atoms with Gasteiger partial charge in [-0.1, -0.05) is 212 Å². The van der Waals surface area contributed by atoms with Crippen molar-refractivity contribution in [3.05, 3.63) is 400 Å². The third-order valence-electron chi connectivity index (χ3n) is 22.2. The first-order valence-corrected chi connectivity index (χ1v) is 39.1. The minimum atomic E-state index is 1.04. The van der Waals surface area contributed by atoms with Gasteiger partial charge in [0.05, 0.1) is 53.9 Å². The minimum absolute atomic E-state index is 1.04. The lowest BCUT2D eigenvalue weighted by atomic mass is 9.96. The van der Waals surface area contributed by atoms with E-state index in [1.54, 1.807) is 0 Å². The van der Waals surface area contributed by atoms with Gasteiger partial charge in [-0.25, -0.2) is 0 Å². The summed E-state index contributed by atoms with van der Waals surface area (Å²) >= 11 is 3.73. The van der Waals surface area contributed by atoms with E-state index < -0.39 is 0 Å². The van der Waals surface area contributed by atoms with Gasteiger partial charge in [0, 0.05) is 120 Å². The van der Waals surface area contributed by atoms with E-state index in [9.17, 15) is 0 Å². The number of nitrogens with zero attached hydrogens (tertiary/aromatic N) is 6. The van der Waals surface area contributed by atoms with E-state index in [0.717, 1.165) is 90.3 Å². The molecule has 5 aromatic heterocycles. The Morgan fingerprint density at radius 1 is 0.191 bits per heavy atom. The van der Waals surface area contributed by atoms with Crippen LogP contribution < -0.4 is 14.7 Å². The Labute approximate surface area is 643 Å². The second-order valence-electron chi connectivity index (χ2n) is 28.3. The maximum absolute atomic E-state index is 2.47. The van der Waals surface area contributed by atoms with Crippen molar-refractivity contribution < 1.29 is 0 Å². The lowest BCUT2D eigenvalue weighted by Gasteiger charge is -2.27. The predicted octanol–water partition coefficient (Wildman–Crippen LogP) is 29.5. The fourth-order valence-electron chi connectivity index (χ4n) is 17.3. The molecular weight excluding hydrogens is 1370 g/mol. The molecule has 0 aliphatic heterocycles. The van der Waals surface area contributed by atoms with Crippen molar-refractivity contribution in [2.24, 2.45) is 0 Å². The molecule has 0 radical (unpaired) electrons. The summed E-state index contributed by atoms with van der Waals surface area (Å²) in [5.41, 5.74) is 24.7. The molecule has 0 amide bonds. The lowest BCUT2D eigenvalue weighted by Crippen LogP contribution is -2.10. The third kappa shape index (κ3) is 10.3. The van der Waals surface area contributed by atoms with Crippen molar-refractivity contribution in [3.63, 3.8) is 0 Å². The number of fused-ring (bicyclic) bond motifs is 15. The highest BCUT2D eigenvalue weighted by Crippen LogP contribution is 2.51. The van der Waals surface area contributed by atoms with Crippen LogP contribution >= 0.6 is 22.7 Å². The molecule has 8 heteroatoms. The van der Waals surface area contributed by atoms with Gasteiger partial charge in [0.15, 0.2) is 0 Å². The molecule has 6 nitrogen and oxygen atoms in total. The molecule has 5 heterocycles. The summed E-state index contributed by atoms with van der Waals surface area (Å²) in [6, 6.07) is 147. The molecule has 0 N–H and O–H groups in total. The molecule has 0 unspecified atom stereocenters. The third-order valence-corrected chi connectivity index (χ3v) is 24.6. The molecule has 0 saturated carbocycles. The lowest BCUT2D eigenvalue weighted by molar-refractivity contribution is 1.16. The summed E-state index contributed by atoms with van der Waals surface area (Å²) in [5, 5.41) is 12.4. The van der Waals surface area contributed by atoms with Crippen molar-refractivity contribution >= 4 is 180 Å². The van der Waals surface area contributed by atoms with Crippen LogP contribution in [0.3, 0.4) is 0 Å². The average Bonchev–Trinajstić information content (AvgIpc) is 1.23. The van der Waals surface area contributed by atoms with Crippen LogP contribution in [-0.4, -0.2) is 13.7 Å². The number of rotatable bonds is 14. The number of anilines is 9. The number of thiophene rings is 2. The average molecular weight is 1440 g/mol. The predicted molar refractivity (Wildman–Crippen MR) is 470 cm³/mol. The smallest absolute Gasteiger partial charge is 0.0646 e. The van der Waals surface area contributed by atoms with Gasteiger partial charge >= 0.3 is 0 Å². The van der Waals surface area contributed by atoms with E-state index >= 15 is 0 Å². The number of hydrogen-bond acceptors (Lipinski definition) is 5. The summed E-state index contributed by atoms with van der Waals surface area (Å²) in [4.78, 5) is 7.26. The second kappa shape index (κ2) is 25.9. The van der Waals surface area contributed by atoms with Gasteiger partial charge in [0.25, 0.3) is 0 Å². The Balaban J connectivity index is 0.642. The van der Waals surface area contributed by atoms with Gasteiger partial charge < -0.3 is 28.4 Å². The largest absolute Gasteiger partial charge is 0.310 e. The minimum Gasteiger partial charge on any atom is -0.310 e. The van der Waals surface area contributed by atoms with E-state index in [4.69, 9.17) is 0 Å². The molecule has 22 rings (SSSR count). The quantitative estimate of drug-likeness (QED) is 0.108. The van der Waals surface area contributed by atoms with Crippen LogP contribution in [-0.2, 0) is 0 Å². The Kier molecular flexibility index (Phi) is 14.9. The Morgan fingerprint density at radius 2 is 0.509 bits per heavy atom. The first-order chi connectivity index (χ1) is 54.6. The Hall–Kier alpha value is -14.0. The number of hydrogen-bond donors (Lipinski definition) is 0. The molecule has 0 spiro atoms. The Morgan fingerprint density at radius 3 is 0.973 bits per heavy atom. The monoisotopic (exact) mass is 1440 g/mol. The highest BCUT2D eigenvalue weighted by Gasteiger charge is 2.26. The first-order valence-electron chi connectivity index (χ1n) is 37.5. The van der Waals surface area contributed by atoms with E-state index in [1.165, 1.54) is 106 Å². The van der Waals surface area contributed by atoms with Crippen molar-refractivity contribution in [1.82, 2.24) is 13.7 Å². The number of benzene rings is 17. The van der Waals surface area contributed by atoms with Gasteiger partial charge in [-0.05, 0) is 210 Å². The molecule has 110 heavy (non-hydrogen) atoms. The zero-order valence-corrected chi connectivity index (χ0v) is 61.2. The van der Waals surface area contributed by atoms with Crippen LogP contribution in [0.4, 0.5) is 51.2 Å². The molecular formula is C102H66N6S2. The fourth-order valence-corrected chi connectivity index (χ4v) is 19.7. The van der Waals surface area contributed by atoms with Crippen molar-refractivity contribution in [2.75, 3.05) is 14.7 Å². The van der Waals surface area contributed by atoms with Crippen molar-refractivity contribution in [3.8, 4) is 39.3 Å². The van der Waals surface area contributed by atoms with Gasteiger partial charge in [0.1, 0.15) is 0 Å². The van der Waals surface area contributed by atoms with Crippen LogP contribution in [0.1, 0.15) is 0 Å². The van der Waals surface area contributed by atoms with Crippen LogP contribution in [0.2, 0.25) is 0 Å². The molecule has 0 aliphatic rings. The molecule has 0 fully saturated rings. The summed E-state index contributed by atoms with van der Waals surface area (Å²) in [6.07, 6.45) is 0. The van der Waals surface area contributed by atoms with Crippen LogP contribution in [0, 0.1) is 0 Å². The maximum atomic E-state index is 2.47. The van der Waals surface area contributed by atoms with Crippen LogP contribution in [0.25, 0.3) is 145 Å². The van der Waals surface area contributed by atoms with E-state index in [-0.39, 0.29) is 0 Å². The first kappa shape index (κ1) is 63.3. The highest BCUT2D eigenvalue weighted by atomic mass is 32.1. The molecule has 0 atom stereocenters. The zero-order valence-electron chi connectivity index (χ0n) is 59.6. The summed E-state index contributed by atoms with van der Waals surface area (Å²) < 4.78 is 12.3. The number of para-hydroxylation sites is 7. The molecule has 0 aliphatic carbocycles. The van der Waals surface area contributed by atoms with E-state index in [0.29, 0.717) is 0 Å². The molecule has 0 bridgehead atoms. The molecule has 516 valence electrons. The normalized spacial score (nSPS) is 11.8.